The first-order valence-electron chi connectivity index (χ1n) is 5.69. The molecule has 0 heterocycles. The Hall–Kier alpha value is -0.870. The number of rotatable bonds is 5. The van der Waals surface area contributed by atoms with Gasteiger partial charge in [0.25, 0.3) is 0 Å². The molecule has 94 valence electrons. The van der Waals surface area contributed by atoms with Gasteiger partial charge in [0.2, 0.25) is 5.91 Å². The van der Waals surface area contributed by atoms with E-state index in [0.29, 0.717) is 13.1 Å². The van der Waals surface area contributed by atoms with E-state index in [9.17, 15) is 4.79 Å². The number of nitrogens with zero attached hydrogens (tertiary/aromatic N) is 1. The average molecular weight is 299 g/mol. The van der Waals surface area contributed by atoms with E-state index in [1.807, 2.05) is 45.3 Å². The second-order valence-corrected chi connectivity index (χ2v) is 5.10. The van der Waals surface area contributed by atoms with Gasteiger partial charge in [0, 0.05) is 30.5 Å². The first-order valence-corrected chi connectivity index (χ1v) is 6.48. The van der Waals surface area contributed by atoms with Crippen LogP contribution in [0, 0.1) is 5.92 Å². The Morgan fingerprint density at radius 2 is 2.12 bits per heavy atom. The van der Waals surface area contributed by atoms with Crippen molar-refractivity contribution in [2.45, 2.75) is 13.5 Å². The van der Waals surface area contributed by atoms with Gasteiger partial charge in [-0.05, 0) is 18.7 Å². The zero-order chi connectivity index (χ0) is 12.8. The minimum Gasteiger partial charge on any atom is -0.341 e. The third kappa shape index (κ3) is 4.13. The van der Waals surface area contributed by atoms with E-state index in [1.165, 1.54) is 0 Å². The van der Waals surface area contributed by atoms with Gasteiger partial charge in [0.15, 0.2) is 0 Å². The van der Waals surface area contributed by atoms with Crippen molar-refractivity contribution in [2.75, 3.05) is 20.6 Å². The highest BCUT2D eigenvalue weighted by molar-refractivity contribution is 9.10. The Morgan fingerprint density at radius 1 is 1.47 bits per heavy atom. The van der Waals surface area contributed by atoms with Crippen molar-refractivity contribution in [3.05, 3.63) is 34.3 Å². The molecule has 0 aliphatic heterocycles. The fourth-order valence-corrected chi connectivity index (χ4v) is 2.14. The summed E-state index contributed by atoms with van der Waals surface area (Å²) in [5.74, 6) is 0.169. The molecule has 0 saturated carbocycles. The van der Waals surface area contributed by atoms with Crippen LogP contribution in [0.1, 0.15) is 12.5 Å². The molecule has 1 unspecified atom stereocenters. The molecular weight excluding hydrogens is 280 g/mol. The SMILES string of the molecule is CNCC(C)C(=O)N(C)Cc1ccccc1Br. The molecule has 0 radical (unpaired) electrons. The lowest BCUT2D eigenvalue weighted by atomic mass is 10.1. The Labute approximate surface area is 111 Å². The van der Waals surface area contributed by atoms with Crippen molar-refractivity contribution in [1.82, 2.24) is 10.2 Å². The molecule has 0 aromatic heterocycles. The average Bonchev–Trinajstić information content (AvgIpc) is 2.31. The van der Waals surface area contributed by atoms with Gasteiger partial charge in [-0.1, -0.05) is 41.1 Å². The number of halogens is 1. The minimum atomic E-state index is 0.00693. The van der Waals surface area contributed by atoms with Crippen molar-refractivity contribution in [3.8, 4) is 0 Å². The normalized spacial score (nSPS) is 12.2. The van der Waals surface area contributed by atoms with E-state index in [1.54, 1.807) is 4.90 Å². The standard InChI is InChI=1S/C13H19BrN2O/c1-10(8-15-2)13(17)16(3)9-11-6-4-5-7-12(11)14/h4-7,10,15H,8-9H2,1-3H3. The molecule has 0 fully saturated rings. The Kier molecular flexibility index (Phi) is 5.65. The fraction of sp³-hybridized carbons (Fsp3) is 0.462. The zero-order valence-corrected chi connectivity index (χ0v) is 12.1. The fourth-order valence-electron chi connectivity index (χ4n) is 1.73. The molecule has 1 aromatic rings. The van der Waals surface area contributed by atoms with Gasteiger partial charge in [-0.3, -0.25) is 4.79 Å². The van der Waals surface area contributed by atoms with Gasteiger partial charge in [-0.25, -0.2) is 0 Å². The van der Waals surface area contributed by atoms with Gasteiger partial charge in [-0.2, -0.15) is 0 Å². The number of carbonyl (C=O) groups excluding carboxylic acids is 1. The lowest BCUT2D eigenvalue weighted by Crippen LogP contribution is -2.35. The molecule has 1 aromatic carbocycles. The van der Waals surface area contributed by atoms with E-state index in [4.69, 9.17) is 0 Å². The summed E-state index contributed by atoms with van der Waals surface area (Å²) in [5, 5.41) is 3.02. The Morgan fingerprint density at radius 3 is 2.71 bits per heavy atom. The predicted molar refractivity (Wildman–Crippen MR) is 73.7 cm³/mol. The molecule has 0 aliphatic rings. The summed E-state index contributed by atoms with van der Waals surface area (Å²) >= 11 is 3.49. The van der Waals surface area contributed by atoms with Crippen molar-refractivity contribution >= 4 is 21.8 Å². The number of carbonyl (C=O) groups is 1. The van der Waals surface area contributed by atoms with E-state index in [2.05, 4.69) is 21.2 Å². The van der Waals surface area contributed by atoms with Crippen LogP contribution in [0.15, 0.2) is 28.7 Å². The predicted octanol–water partition coefficient (Wildman–Crippen LogP) is 2.26. The lowest BCUT2D eigenvalue weighted by molar-refractivity contribution is -0.134. The maximum absolute atomic E-state index is 12.0. The van der Waals surface area contributed by atoms with Gasteiger partial charge in [-0.15, -0.1) is 0 Å². The molecule has 0 bridgehead atoms. The van der Waals surface area contributed by atoms with Gasteiger partial charge >= 0.3 is 0 Å². The largest absolute Gasteiger partial charge is 0.341 e. The first-order chi connectivity index (χ1) is 8.06. The highest BCUT2D eigenvalue weighted by atomic mass is 79.9. The summed E-state index contributed by atoms with van der Waals surface area (Å²) in [5.41, 5.74) is 1.13. The van der Waals surface area contributed by atoms with E-state index in [0.717, 1.165) is 10.0 Å². The number of hydrogen-bond donors (Lipinski definition) is 1. The molecule has 0 aliphatic carbocycles. The maximum Gasteiger partial charge on any atom is 0.226 e. The van der Waals surface area contributed by atoms with E-state index in [-0.39, 0.29) is 11.8 Å². The van der Waals surface area contributed by atoms with Crippen molar-refractivity contribution in [1.29, 1.82) is 0 Å². The summed E-state index contributed by atoms with van der Waals surface area (Å²) < 4.78 is 1.04. The number of benzene rings is 1. The lowest BCUT2D eigenvalue weighted by Gasteiger charge is -2.21. The molecule has 1 N–H and O–H groups in total. The van der Waals surface area contributed by atoms with Crippen LogP contribution in [-0.4, -0.2) is 31.4 Å². The molecule has 0 saturated heterocycles. The highest BCUT2D eigenvalue weighted by Gasteiger charge is 2.17. The molecule has 1 rings (SSSR count). The van der Waals surface area contributed by atoms with Gasteiger partial charge in [0.05, 0.1) is 0 Å². The molecule has 1 atom stereocenters. The molecule has 1 amide bonds. The number of hydrogen-bond acceptors (Lipinski definition) is 2. The third-order valence-corrected chi connectivity index (χ3v) is 3.45. The Balaban J connectivity index is 2.63. The second-order valence-electron chi connectivity index (χ2n) is 4.24. The highest BCUT2D eigenvalue weighted by Crippen LogP contribution is 2.17. The van der Waals surface area contributed by atoms with Crippen molar-refractivity contribution in [3.63, 3.8) is 0 Å². The second kappa shape index (κ2) is 6.77. The van der Waals surface area contributed by atoms with Crippen LogP contribution in [0.2, 0.25) is 0 Å². The van der Waals surface area contributed by atoms with Gasteiger partial charge in [0.1, 0.15) is 0 Å². The van der Waals surface area contributed by atoms with Crippen molar-refractivity contribution in [2.24, 2.45) is 5.92 Å². The summed E-state index contributed by atoms with van der Waals surface area (Å²) in [4.78, 5) is 13.8. The quantitative estimate of drug-likeness (QED) is 0.904. The van der Waals surface area contributed by atoms with Crippen LogP contribution in [0.3, 0.4) is 0 Å². The first kappa shape index (κ1) is 14.2. The van der Waals surface area contributed by atoms with Crippen LogP contribution in [0.5, 0.6) is 0 Å². The van der Waals surface area contributed by atoms with Crippen molar-refractivity contribution < 1.29 is 4.79 Å². The number of amides is 1. The molecule has 0 spiro atoms. The zero-order valence-electron chi connectivity index (χ0n) is 10.5. The Bertz CT molecular complexity index is 381. The monoisotopic (exact) mass is 298 g/mol. The maximum atomic E-state index is 12.0. The van der Waals surface area contributed by atoms with Crippen LogP contribution in [-0.2, 0) is 11.3 Å². The third-order valence-electron chi connectivity index (χ3n) is 2.67. The molecule has 3 nitrogen and oxygen atoms in total. The van der Waals surface area contributed by atoms with E-state index >= 15 is 0 Å². The molecule has 17 heavy (non-hydrogen) atoms. The summed E-state index contributed by atoms with van der Waals surface area (Å²) in [6.07, 6.45) is 0. The van der Waals surface area contributed by atoms with Crippen LogP contribution < -0.4 is 5.32 Å². The number of nitrogens with one attached hydrogen (secondary N) is 1. The smallest absolute Gasteiger partial charge is 0.226 e. The summed E-state index contributed by atoms with van der Waals surface area (Å²) in [6, 6.07) is 7.97. The van der Waals surface area contributed by atoms with Gasteiger partial charge < -0.3 is 10.2 Å². The summed E-state index contributed by atoms with van der Waals surface area (Å²) in [6.45, 7) is 3.28. The molecule has 4 heteroatoms. The minimum absolute atomic E-state index is 0.00693. The van der Waals surface area contributed by atoms with Crippen LogP contribution in [0.4, 0.5) is 0 Å². The van der Waals surface area contributed by atoms with Crippen LogP contribution in [0.25, 0.3) is 0 Å². The van der Waals surface area contributed by atoms with Crippen LogP contribution >= 0.6 is 15.9 Å². The topological polar surface area (TPSA) is 32.3 Å². The van der Waals surface area contributed by atoms with E-state index < -0.39 is 0 Å². The molecular formula is C13H19BrN2O. The summed E-state index contributed by atoms with van der Waals surface area (Å²) in [7, 11) is 3.70.